The van der Waals surface area contributed by atoms with E-state index in [-0.39, 0.29) is 16.1 Å². The second-order valence-electron chi connectivity index (χ2n) is 5.71. The Labute approximate surface area is 162 Å². The minimum absolute atomic E-state index is 0.175. The summed E-state index contributed by atoms with van der Waals surface area (Å²) in [7, 11) is -1.08. The summed E-state index contributed by atoms with van der Waals surface area (Å²) < 4.78 is 36.7. The number of carbonyl (C=O) groups is 2. The number of carbonyl (C=O) groups excluding carboxylic acids is 1. The first-order valence-corrected chi connectivity index (χ1v) is 9.51. The smallest absolute Gasteiger partial charge is 0.318 e. The molecule has 28 heavy (non-hydrogen) atoms. The molecule has 150 valence electrons. The van der Waals surface area contributed by atoms with Crippen LogP contribution < -0.4 is 19.5 Å². The lowest BCUT2D eigenvalue weighted by atomic mass is 10.1. The molecule has 0 saturated heterocycles. The van der Waals surface area contributed by atoms with E-state index in [0.29, 0.717) is 11.5 Å². The normalized spacial score (nSPS) is 11.0. The third kappa shape index (κ3) is 4.99. The quantitative estimate of drug-likeness (QED) is 0.605. The highest BCUT2D eigenvalue weighted by atomic mass is 32.2. The van der Waals surface area contributed by atoms with Crippen molar-refractivity contribution in [3.05, 3.63) is 47.5 Å². The number of anilines is 1. The second kappa shape index (κ2) is 8.72. The minimum atomic E-state index is -4.03. The Morgan fingerprint density at radius 1 is 1.07 bits per heavy atom. The molecule has 0 radical (unpaired) electrons. The van der Waals surface area contributed by atoms with Crippen LogP contribution in [0, 0.1) is 6.92 Å². The molecule has 3 N–H and O–H groups in total. The molecule has 0 atom stereocenters. The van der Waals surface area contributed by atoms with Crippen LogP contribution in [0.3, 0.4) is 0 Å². The fourth-order valence-electron chi connectivity index (χ4n) is 2.40. The van der Waals surface area contributed by atoms with Gasteiger partial charge in [-0.1, -0.05) is 6.07 Å². The van der Waals surface area contributed by atoms with Crippen molar-refractivity contribution >= 4 is 27.6 Å². The number of sulfonamides is 1. The molecular weight excluding hydrogens is 388 g/mol. The molecule has 1 amide bonds. The summed E-state index contributed by atoms with van der Waals surface area (Å²) in [6.45, 7) is 1.04. The summed E-state index contributed by atoms with van der Waals surface area (Å²) in [6, 6.07) is 8.55. The van der Waals surface area contributed by atoms with E-state index in [2.05, 4.69) is 5.32 Å². The maximum Gasteiger partial charge on any atom is 0.318 e. The number of amides is 1. The number of carboxylic acid groups (broad SMARTS) is 1. The molecule has 2 aromatic rings. The Hall–Kier alpha value is -3.11. The van der Waals surface area contributed by atoms with Crippen LogP contribution in [-0.2, 0) is 14.8 Å². The van der Waals surface area contributed by atoms with Crippen molar-refractivity contribution in [1.82, 2.24) is 4.72 Å². The van der Waals surface area contributed by atoms with Crippen LogP contribution in [0.15, 0.2) is 41.3 Å². The molecule has 2 rings (SSSR count). The molecule has 0 unspecified atom stereocenters. The summed E-state index contributed by atoms with van der Waals surface area (Å²) in [5, 5.41) is 11.2. The predicted molar refractivity (Wildman–Crippen MR) is 102 cm³/mol. The second-order valence-corrected chi connectivity index (χ2v) is 7.47. The number of methoxy groups -OCH3 is 2. The number of hydrogen-bond donors (Lipinski definition) is 3. The third-order valence-corrected chi connectivity index (χ3v) is 5.23. The van der Waals surface area contributed by atoms with Crippen molar-refractivity contribution in [3.63, 3.8) is 0 Å². The highest BCUT2D eigenvalue weighted by Crippen LogP contribution is 2.30. The molecule has 2 aromatic carbocycles. The van der Waals surface area contributed by atoms with Gasteiger partial charge in [0.15, 0.2) is 0 Å². The minimum Gasteiger partial charge on any atom is -0.496 e. The Bertz CT molecular complexity index is 978. The Kier molecular flexibility index (Phi) is 6.60. The largest absolute Gasteiger partial charge is 0.496 e. The van der Waals surface area contributed by atoms with Gasteiger partial charge in [0.2, 0.25) is 10.0 Å². The highest BCUT2D eigenvalue weighted by molar-refractivity contribution is 7.89. The van der Waals surface area contributed by atoms with E-state index in [9.17, 15) is 18.0 Å². The van der Waals surface area contributed by atoms with Gasteiger partial charge in [0.25, 0.3) is 5.91 Å². The van der Waals surface area contributed by atoms with Crippen LogP contribution in [0.4, 0.5) is 5.69 Å². The molecule has 0 aromatic heterocycles. The van der Waals surface area contributed by atoms with E-state index in [4.69, 9.17) is 14.6 Å². The van der Waals surface area contributed by atoms with Gasteiger partial charge in [0.1, 0.15) is 18.0 Å². The van der Waals surface area contributed by atoms with Gasteiger partial charge in [-0.3, -0.25) is 9.59 Å². The van der Waals surface area contributed by atoms with Crippen molar-refractivity contribution in [2.75, 3.05) is 26.1 Å². The maximum atomic E-state index is 12.6. The van der Waals surface area contributed by atoms with Crippen molar-refractivity contribution in [1.29, 1.82) is 0 Å². The topological polar surface area (TPSA) is 131 Å². The molecule has 0 aliphatic heterocycles. The number of nitrogens with one attached hydrogen (secondary N) is 2. The molecule has 9 nitrogen and oxygen atoms in total. The Morgan fingerprint density at radius 3 is 2.21 bits per heavy atom. The van der Waals surface area contributed by atoms with E-state index in [1.165, 1.54) is 38.5 Å². The van der Waals surface area contributed by atoms with E-state index >= 15 is 0 Å². The zero-order valence-electron chi connectivity index (χ0n) is 15.5. The van der Waals surface area contributed by atoms with Crippen molar-refractivity contribution < 1.29 is 32.6 Å². The molecule has 0 spiro atoms. The number of rotatable bonds is 8. The van der Waals surface area contributed by atoms with Gasteiger partial charge in [-0.2, -0.15) is 4.72 Å². The van der Waals surface area contributed by atoms with Crippen LogP contribution in [0.1, 0.15) is 15.9 Å². The average Bonchev–Trinajstić information content (AvgIpc) is 2.66. The first-order chi connectivity index (χ1) is 13.2. The summed E-state index contributed by atoms with van der Waals surface area (Å²) in [4.78, 5) is 23.0. The lowest BCUT2D eigenvalue weighted by Gasteiger charge is -2.13. The molecule has 10 heteroatoms. The Balaban J connectivity index is 2.27. The van der Waals surface area contributed by atoms with Gasteiger partial charge >= 0.3 is 5.97 Å². The van der Waals surface area contributed by atoms with E-state index in [1.54, 1.807) is 19.1 Å². The van der Waals surface area contributed by atoms with E-state index < -0.39 is 28.4 Å². The van der Waals surface area contributed by atoms with Crippen molar-refractivity contribution in [2.24, 2.45) is 0 Å². The summed E-state index contributed by atoms with van der Waals surface area (Å²) in [5.74, 6) is -0.864. The van der Waals surface area contributed by atoms with Gasteiger partial charge in [-0.15, -0.1) is 0 Å². The monoisotopic (exact) mass is 408 g/mol. The lowest BCUT2D eigenvalue weighted by molar-refractivity contribution is -0.135. The summed E-state index contributed by atoms with van der Waals surface area (Å²) in [5.41, 5.74) is 1.22. The summed E-state index contributed by atoms with van der Waals surface area (Å²) >= 11 is 0. The van der Waals surface area contributed by atoms with Gasteiger partial charge in [-0.25, -0.2) is 8.42 Å². The molecule has 0 aliphatic carbocycles. The molecular formula is C18H20N2O7S. The maximum absolute atomic E-state index is 12.6. The fourth-order valence-corrected chi connectivity index (χ4v) is 3.42. The van der Waals surface area contributed by atoms with Crippen LogP contribution in [-0.4, -0.2) is 46.2 Å². The van der Waals surface area contributed by atoms with Crippen molar-refractivity contribution in [3.8, 4) is 11.5 Å². The van der Waals surface area contributed by atoms with Gasteiger partial charge in [0.05, 0.1) is 19.1 Å². The zero-order valence-corrected chi connectivity index (χ0v) is 16.3. The molecule has 0 bridgehead atoms. The van der Waals surface area contributed by atoms with Crippen molar-refractivity contribution in [2.45, 2.75) is 11.8 Å². The predicted octanol–water partition coefficient (Wildman–Crippen LogP) is 1.63. The first-order valence-electron chi connectivity index (χ1n) is 8.03. The zero-order chi connectivity index (χ0) is 20.9. The molecule has 0 heterocycles. The van der Waals surface area contributed by atoms with E-state index in [1.807, 2.05) is 4.72 Å². The van der Waals surface area contributed by atoms with Gasteiger partial charge in [-0.05, 0) is 37.3 Å². The standard InChI is InChI=1S/C18H20N2O7S/c1-11-15(26-2)7-12(8-16(11)27-3)18(23)20-13-5-4-6-14(9-13)28(24,25)19-10-17(21)22/h4-9,19H,10H2,1-3H3,(H,20,23)(H,21,22). The molecule has 0 saturated carbocycles. The van der Waals surface area contributed by atoms with Crippen LogP contribution in [0.25, 0.3) is 0 Å². The number of aliphatic carboxylic acids is 1. The number of hydrogen-bond acceptors (Lipinski definition) is 6. The summed E-state index contributed by atoms with van der Waals surface area (Å²) in [6.07, 6.45) is 0. The SMILES string of the molecule is COc1cc(C(=O)Nc2cccc(S(=O)(=O)NCC(=O)O)c2)cc(OC)c1C. The highest BCUT2D eigenvalue weighted by Gasteiger charge is 2.17. The number of ether oxygens (including phenoxy) is 2. The lowest BCUT2D eigenvalue weighted by Crippen LogP contribution is -2.29. The Morgan fingerprint density at radius 2 is 1.68 bits per heavy atom. The number of benzene rings is 2. The first kappa shape index (κ1) is 21.2. The van der Waals surface area contributed by atoms with Gasteiger partial charge in [0, 0.05) is 16.8 Å². The average molecular weight is 408 g/mol. The third-order valence-electron chi connectivity index (χ3n) is 3.83. The molecule has 0 aliphatic rings. The number of carboxylic acids is 1. The van der Waals surface area contributed by atoms with E-state index in [0.717, 1.165) is 5.56 Å². The van der Waals surface area contributed by atoms with Gasteiger partial charge < -0.3 is 19.9 Å². The fraction of sp³-hybridized carbons (Fsp3) is 0.222. The molecule has 0 fully saturated rings. The van der Waals surface area contributed by atoms with Crippen LogP contribution in [0.2, 0.25) is 0 Å². The van der Waals surface area contributed by atoms with Crippen LogP contribution in [0.5, 0.6) is 11.5 Å². The van der Waals surface area contributed by atoms with Crippen LogP contribution >= 0.6 is 0 Å².